The van der Waals surface area contributed by atoms with Crippen LogP contribution in [-0.2, 0) is 11.2 Å². The molecule has 3 N–H and O–H groups in total. The molecule has 1 fully saturated rings. The van der Waals surface area contributed by atoms with Crippen molar-refractivity contribution in [2.45, 2.75) is 32.2 Å². The van der Waals surface area contributed by atoms with Crippen molar-refractivity contribution in [3.8, 4) is 22.9 Å². The molecule has 0 spiro atoms. The smallest absolute Gasteiger partial charge is 0.320 e. The molecule has 0 amide bonds. The highest BCUT2D eigenvalue weighted by molar-refractivity contribution is 5.81. The van der Waals surface area contributed by atoms with Crippen LogP contribution in [0.4, 0.5) is 0 Å². The number of nitriles is 1. The second kappa shape index (κ2) is 12.4. The molecule has 4 rings (SSSR count). The highest BCUT2D eigenvalue weighted by atomic mass is 16.5. The summed E-state index contributed by atoms with van der Waals surface area (Å²) in [5, 5.41) is 31.7. The van der Waals surface area contributed by atoms with Gasteiger partial charge in [-0.15, -0.1) is 0 Å². The lowest BCUT2D eigenvalue weighted by molar-refractivity contribution is -0.140. The summed E-state index contributed by atoms with van der Waals surface area (Å²) < 4.78 is 5.90. The van der Waals surface area contributed by atoms with Crippen molar-refractivity contribution in [3.63, 3.8) is 0 Å². The standard InChI is InChI=1S/C31H32N2O4/c1-21-16-26(17-22-12-13-33-29(18-22)31(35)36)30(37-15-14-34)19-25(21)11-10-24-8-5-9-27(28(24)20-32)23-6-3-2-4-7-23/h2-11,16,19,22,29,33-34H,12-15,17-18H2,1H3,(H,35,36). The number of ether oxygens (including phenoxy) is 1. The molecule has 0 aliphatic carbocycles. The van der Waals surface area contributed by atoms with Gasteiger partial charge < -0.3 is 20.3 Å². The molecule has 0 saturated carbocycles. The Balaban J connectivity index is 1.62. The molecule has 6 nitrogen and oxygen atoms in total. The maximum Gasteiger partial charge on any atom is 0.320 e. The summed E-state index contributed by atoms with van der Waals surface area (Å²) >= 11 is 0. The first-order chi connectivity index (χ1) is 18.0. The van der Waals surface area contributed by atoms with Gasteiger partial charge in [0.1, 0.15) is 24.5 Å². The van der Waals surface area contributed by atoms with Gasteiger partial charge in [0, 0.05) is 5.56 Å². The molecular formula is C31H32N2O4. The van der Waals surface area contributed by atoms with E-state index in [0.717, 1.165) is 46.2 Å². The number of benzene rings is 3. The Labute approximate surface area is 217 Å². The van der Waals surface area contributed by atoms with Crippen molar-refractivity contribution >= 4 is 18.1 Å². The lowest BCUT2D eigenvalue weighted by atomic mass is 9.86. The van der Waals surface area contributed by atoms with E-state index in [1.165, 1.54) is 0 Å². The summed E-state index contributed by atoms with van der Waals surface area (Å²) in [7, 11) is 0. The summed E-state index contributed by atoms with van der Waals surface area (Å²) in [4.78, 5) is 11.5. The van der Waals surface area contributed by atoms with Crippen LogP contribution in [0.3, 0.4) is 0 Å². The largest absolute Gasteiger partial charge is 0.491 e. The number of aryl methyl sites for hydroxylation is 1. The summed E-state index contributed by atoms with van der Waals surface area (Å²) in [5.41, 5.74) is 6.38. The van der Waals surface area contributed by atoms with E-state index in [1.54, 1.807) is 0 Å². The second-order valence-electron chi connectivity index (χ2n) is 9.41. The SMILES string of the molecule is Cc1cc(CC2CCNC(C(=O)O)C2)c(OCCO)cc1C=Cc1cccc(-c2ccccc2)c1C#N. The molecule has 1 aliphatic heterocycles. The van der Waals surface area contributed by atoms with Gasteiger partial charge in [-0.3, -0.25) is 4.79 Å². The quantitative estimate of drug-likeness (QED) is 0.358. The van der Waals surface area contributed by atoms with Crippen LogP contribution >= 0.6 is 0 Å². The van der Waals surface area contributed by atoms with Crippen LogP contribution in [0.5, 0.6) is 5.75 Å². The number of hydrogen-bond donors (Lipinski definition) is 3. The van der Waals surface area contributed by atoms with Crippen molar-refractivity contribution in [2.75, 3.05) is 19.8 Å². The average Bonchev–Trinajstić information content (AvgIpc) is 2.92. The number of carboxylic acids is 1. The first kappa shape index (κ1) is 26.2. The van der Waals surface area contributed by atoms with Crippen molar-refractivity contribution in [1.82, 2.24) is 5.32 Å². The van der Waals surface area contributed by atoms with Crippen molar-refractivity contribution in [2.24, 2.45) is 5.92 Å². The Morgan fingerprint density at radius 3 is 2.65 bits per heavy atom. The maximum atomic E-state index is 11.5. The number of aliphatic carboxylic acids is 1. The summed E-state index contributed by atoms with van der Waals surface area (Å²) in [5.74, 6) is 0.118. The third-order valence-corrected chi connectivity index (χ3v) is 6.85. The second-order valence-corrected chi connectivity index (χ2v) is 9.41. The van der Waals surface area contributed by atoms with Crippen LogP contribution in [0.2, 0.25) is 0 Å². The fraction of sp³-hybridized carbons (Fsp3) is 0.290. The zero-order valence-corrected chi connectivity index (χ0v) is 21.0. The van der Waals surface area contributed by atoms with Crippen LogP contribution in [0.1, 0.15) is 40.7 Å². The van der Waals surface area contributed by atoms with Crippen LogP contribution in [0.25, 0.3) is 23.3 Å². The predicted molar refractivity (Wildman–Crippen MR) is 145 cm³/mol. The molecule has 1 aliphatic rings. The minimum absolute atomic E-state index is 0.0925. The Hall–Kier alpha value is -3.92. The van der Waals surface area contributed by atoms with Gasteiger partial charge in [-0.1, -0.05) is 66.7 Å². The minimum atomic E-state index is -0.814. The summed E-state index contributed by atoms with van der Waals surface area (Å²) in [6.07, 6.45) is 6.13. The van der Waals surface area contributed by atoms with Gasteiger partial charge in [0.05, 0.1) is 12.2 Å². The first-order valence-electron chi connectivity index (χ1n) is 12.6. The van der Waals surface area contributed by atoms with Gasteiger partial charge >= 0.3 is 5.97 Å². The molecule has 1 heterocycles. The Morgan fingerprint density at radius 1 is 1.14 bits per heavy atom. The van der Waals surface area contributed by atoms with E-state index in [2.05, 4.69) is 17.5 Å². The zero-order valence-electron chi connectivity index (χ0n) is 21.0. The number of carbonyl (C=O) groups is 1. The number of piperidine rings is 1. The number of nitrogens with one attached hydrogen (secondary N) is 1. The maximum absolute atomic E-state index is 11.5. The van der Waals surface area contributed by atoms with Gasteiger partial charge in [0.15, 0.2) is 0 Å². The average molecular weight is 497 g/mol. The molecule has 2 atom stereocenters. The molecule has 6 heteroatoms. The van der Waals surface area contributed by atoms with Gasteiger partial charge in [-0.25, -0.2) is 0 Å². The topological polar surface area (TPSA) is 103 Å². The molecule has 3 aromatic carbocycles. The minimum Gasteiger partial charge on any atom is -0.491 e. The zero-order chi connectivity index (χ0) is 26.2. The van der Waals surface area contributed by atoms with Crippen LogP contribution in [0.15, 0.2) is 60.7 Å². The van der Waals surface area contributed by atoms with Crippen LogP contribution in [0, 0.1) is 24.2 Å². The molecule has 2 unspecified atom stereocenters. The molecule has 190 valence electrons. The molecular weight excluding hydrogens is 464 g/mol. The van der Waals surface area contributed by atoms with Gasteiger partial charge in [-0.2, -0.15) is 5.26 Å². The molecule has 1 saturated heterocycles. The van der Waals surface area contributed by atoms with Gasteiger partial charge in [0.25, 0.3) is 0 Å². The fourth-order valence-corrected chi connectivity index (χ4v) is 4.95. The molecule has 37 heavy (non-hydrogen) atoms. The highest BCUT2D eigenvalue weighted by Crippen LogP contribution is 2.31. The monoisotopic (exact) mass is 496 g/mol. The predicted octanol–water partition coefficient (Wildman–Crippen LogP) is 5.07. The van der Waals surface area contributed by atoms with Crippen LogP contribution < -0.4 is 10.1 Å². The first-order valence-corrected chi connectivity index (χ1v) is 12.6. The number of carboxylic acid groups (broad SMARTS) is 1. The highest BCUT2D eigenvalue weighted by Gasteiger charge is 2.27. The molecule has 3 aromatic rings. The van der Waals surface area contributed by atoms with E-state index in [1.807, 2.05) is 73.7 Å². The lowest BCUT2D eigenvalue weighted by Gasteiger charge is -2.28. The Bertz CT molecular complexity index is 1310. The van der Waals surface area contributed by atoms with E-state index in [9.17, 15) is 20.3 Å². The molecule has 0 aromatic heterocycles. The summed E-state index contributed by atoms with van der Waals surface area (Å²) in [6.45, 7) is 2.80. The van der Waals surface area contributed by atoms with Gasteiger partial charge in [-0.05, 0) is 72.5 Å². The summed E-state index contributed by atoms with van der Waals surface area (Å²) in [6, 6.07) is 21.6. The number of hydrogen-bond acceptors (Lipinski definition) is 5. The fourth-order valence-electron chi connectivity index (χ4n) is 4.95. The van der Waals surface area contributed by atoms with E-state index in [0.29, 0.717) is 24.3 Å². The Kier molecular flexibility index (Phi) is 8.73. The number of aliphatic hydroxyl groups is 1. The van der Waals surface area contributed by atoms with Gasteiger partial charge in [0.2, 0.25) is 0 Å². The van der Waals surface area contributed by atoms with Crippen molar-refractivity contribution in [3.05, 3.63) is 88.5 Å². The number of aliphatic hydroxyl groups excluding tert-OH is 1. The number of nitrogens with zero attached hydrogens (tertiary/aromatic N) is 1. The van der Waals surface area contributed by atoms with Crippen molar-refractivity contribution < 1.29 is 19.7 Å². The van der Waals surface area contributed by atoms with Crippen LogP contribution in [-0.4, -0.2) is 42.0 Å². The third kappa shape index (κ3) is 6.45. The molecule has 0 radical (unpaired) electrons. The van der Waals surface area contributed by atoms with E-state index in [4.69, 9.17) is 4.74 Å². The van der Waals surface area contributed by atoms with Crippen molar-refractivity contribution in [1.29, 1.82) is 5.26 Å². The molecule has 0 bridgehead atoms. The van der Waals surface area contributed by atoms with E-state index < -0.39 is 12.0 Å². The van der Waals surface area contributed by atoms with E-state index in [-0.39, 0.29) is 19.1 Å². The lowest BCUT2D eigenvalue weighted by Crippen LogP contribution is -2.43. The third-order valence-electron chi connectivity index (χ3n) is 6.85. The normalized spacial score (nSPS) is 17.4. The van der Waals surface area contributed by atoms with E-state index >= 15 is 0 Å². The Morgan fingerprint density at radius 2 is 1.92 bits per heavy atom. The number of rotatable bonds is 9.